The average molecular weight is 508 g/mol. The minimum atomic E-state index is 0.547. The fraction of sp³-hybridized carbons (Fsp3) is 0.393. The number of methoxy groups -OCH3 is 1. The molecule has 0 amide bonds. The molecule has 198 valence electrons. The Morgan fingerprint density at radius 1 is 0.946 bits per heavy atom. The van der Waals surface area contributed by atoms with E-state index in [1.165, 1.54) is 25.9 Å². The lowest BCUT2D eigenvalue weighted by molar-refractivity contribution is 0.112. The number of anilines is 2. The van der Waals surface area contributed by atoms with Gasteiger partial charge in [0.05, 0.1) is 14.2 Å². The number of rotatable bonds is 12. The number of ether oxygens (including phenoxy) is 2. The number of hydrogen-bond acceptors (Lipinski definition) is 9. The van der Waals surface area contributed by atoms with Crippen molar-refractivity contribution in [1.82, 2.24) is 20.3 Å². The molecule has 1 fully saturated rings. The fourth-order valence-electron chi connectivity index (χ4n) is 3.92. The van der Waals surface area contributed by atoms with E-state index in [2.05, 4.69) is 30.5 Å². The van der Waals surface area contributed by atoms with Crippen LogP contribution in [-0.4, -0.2) is 68.7 Å². The van der Waals surface area contributed by atoms with Crippen molar-refractivity contribution in [2.45, 2.75) is 25.7 Å². The minimum absolute atomic E-state index is 0.547. The van der Waals surface area contributed by atoms with Crippen molar-refractivity contribution < 1.29 is 19.1 Å². The smallest absolute Gasteiger partial charge is 0.227 e. The quantitative estimate of drug-likeness (QED) is 0.278. The first-order chi connectivity index (χ1) is 18.1. The molecule has 0 unspecified atom stereocenters. The van der Waals surface area contributed by atoms with E-state index in [1.807, 2.05) is 48.8 Å². The molecule has 2 heterocycles. The first kappa shape index (κ1) is 28.0. The summed E-state index contributed by atoms with van der Waals surface area (Å²) in [4.78, 5) is 26.7. The summed E-state index contributed by atoms with van der Waals surface area (Å²) in [5.41, 5.74) is 6.02. The SMILES string of the molecule is CNOC.COc1cc(C=O)cc(CCc2cnc(Nc3ccc(OCCN4CCCC4)cc3)nc2)c1. The van der Waals surface area contributed by atoms with Crippen LogP contribution >= 0.6 is 0 Å². The Morgan fingerprint density at radius 3 is 2.24 bits per heavy atom. The van der Waals surface area contributed by atoms with Crippen LogP contribution in [0.3, 0.4) is 0 Å². The van der Waals surface area contributed by atoms with E-state index in [9.17, 15) is 4.79 Å². The zero-order valence-electron chi connectivity index (χ0n) is 21.9. The van der Waals surface area contributed by atoms with Crippen molar-refractivity contribution in [2.24, 2.45) is 0 Å². The zero-order chi connectivity index (χ0) is 26.3. The Bertz CT molecular complexity index is 1070. The van der Waals surface area contributed by atoms with Gasteiger partial charge < -0.3 is 19.6 Å². The van der Waals surface area contributed by atoms with Gasteiger partial charge in [-0.3, -0.25) is 9.69 Å². The van der Waals surface area contributed by atoms with Crippen molar-refractivity contribution >= 4 is 17.9 Å². The van der Waals surface area contributed by atoms with E-state index < -0.39 is 0 Å². The van der Waals surface area contributed by atoms with Gasteiger partial charge in [0.25, 0.3) is 0 Å². The number of nitrogens with one attached hydrogen (secondary N) is 2. The van der Waals surface area contributed by atoms with Crippen molar-refractivity contribution in [3.63, 3.8) is 0 Å². The molecule has 3 aromatic rings. The van der Waals surface area contributed by atoms with Gasteiger partial charge in [-0.1, -0.05) is 0 Å². The zero-order valence-corrected chi connectivity index (χ0v) is 21.9. The van der Waals surface area contributed by atoms with E-state index in [4.69, 9.17) is 9.47 Å². The van der Waals surface area contributed by atoms with Gasteiger partial charge in [0.2, 0.25) is 5.95 Å². The summed E-state index contributed by atoms with van der Waals surface area (Å²) in [6.07, 6.45) is 8.63. The normalized spacial score (nSPS) is 12.9. The summed E-state index contributed by atoms with van der Waals surface area (Å²) in [7, 11) is 4.88. The second kappa shape index (κ2) is 15.6. The minimum Gasteiger partial charge on any atom is -0.497 e. The molecule has 0 bridgehead atoms. The molecule has 1 aliphatic rings. The van der Waals surface area contributed by atoms with E-state index in [0.29, 0.717) is 23.9 Å². The largest absolute Gasteiger partial charge is 0.497 e. The number of aryl methyl sites for hydroxylation is 2. The summed E-state index contributed by atoms with van der Waals surface area (Å²) in [6.45, 7) is 4.07. The molecule has 0 aliphatic carbocycles. The Kier molecular flexibility index (Phi) is 11.8. The highest BCUT2D eigenvalue weighted by atomic mass is 16.6. The molecule has 1 aliphatic heterocycles. The Balaban J connectivity index is 0.000000886. The van der Waals surface area contributed by atoms with Crippen molar-refractivity contribution in [3.05, 3.63) is 71.5 Å². The lowest BCUT2D eigenvalue weighted by Crippen LogP contribution is -2.25. The molecule has 9 heteroatoms. The Hall–Kier alpha value is -3.53. The van der Waals surface area contributed by atoms with Gasteiger partial charge in [0, 0.05) is 37.2 Å². The molecule has 1 saturated heterocycles. The van der Waals surface area contributed by atoms with Gasteiger partial charge in [-0.2, -0.15) is 0 Å². The molecule has 0 saturated carbocycles. The predicted molar refractivity (Wildman–Crippen MR) is 145 cm³/mol. The summed E-state index contributed by atoms with van der Waals surface area (Å²) < 4.78 is 11.1. The van der Waals surface area contributed by atoms with Crippen LogP contribution in [0.5, 0.6) is 11.5 Å². The first-order valence-electron chi connectivity index (χ1n) is 12.5. The summed E-state index contributed by atoms with van der Waals surface area (Å²) in [6, 6.07) is 13.4. The third kappa shape index (κ3) is 9.80. The Labute approximate surface area is 219 Å². The fourth-order valence-corrected chi connectivity index (χ4v) is 3.92. The van der Waals surface area contributed by atoms with E-state index >= 15 is 0 Å². The van der Waals surface area contributed by atoms with Crippen LogP contribution in [-0.2, 0) is 17.7 Å². The third-order valence-corrected chi connectivity index (χ3v) is 5.96. The number of hydrogen-bond donors (Lipinski definition) is 2. The van der Waals surface area contributed by atoms with Crippen LogP contribution in [0.15, 0.2) is 54.9 Å². The van der Waals surface area contributed by atoms with Crippen molar-refractivity contribution in [2.75, 3.05) is 52.8 Å². The van der Waals surface area contributed by atoms with Crippen LogP contribution in [0.1, 0.15) is 34.3 Å². The molecule has 0 spiro atoms. The first-order valence-corrected chi connectivity index (χ1v) is 12.5. The highest BCUT2D eigenvalue weighted by Crippen LogP contribution is 2.20. The predicted octanol–water partition coefficient (Wildman–Crippen LogP) is 4.07. The van der Waals surface area contributed by atoms with Crippen LogP contribution < -0.4 is 20.3 Å². The molecular formula is C28H37N5O4. The molecule has 2 aromatic carbocycles. The average Bonchev–Trinajstić information content (AvgIpc) is 3.47. The van der Waals surface area contributed by atoms with E-state index in [1.54, 1.807) is 27.3 Å². The van der Waals surface area contributed by atoms with Crippen molar-refractivity contribution in [3.8, 4) is 11.5 Å². The number of benzene rings is 2. The maximum Gasteiger partial charge on any atom is 0.227 e. The van der Waals surface area contributed by atoms with Gasteiger partial charge in [0.1, 0.15) is 24.4 Å². The molecule has 1 aromatic heterocycles. The second-order valence-electron chi connectivity index (χ2n) is 8.60. The third-order valence-electron chi connectivity index (χ3n) is 5.96. The van der Waals surface area contributed by atoms with E-state index in [0.717, 1.165) is 48.2 Å². The molecule has 37 heavy (non-hydrogen) atoms. The number of carbonyl (C=O) groups excluding carboxylic acids is 1. The number of likely N-dealkylation sites (tertiary alicyclic amines) is 1. The van der Waals surface area contributed by atoms with Crippen molar-refractivity contribution in [1.29, 1.82) is 0 Å². The van der Waals surface area contributed by atoms with E-state index in [-0.39, 0.29) is 0 Å². The molecule has 2 N–H and O–H groups in total. The van der Waals surface area contributed by atoms with Gasteiger partial charge in [0.15, 0.2) is 0 Å². The van der Waals surface area contributed by atoms with Crippen LogP contribution in [0.4, 0.5) is 11.6 Å². The van der Waals surface area contributed by atoms with Crippen LogP contribution in [0, 0.1) is 0 Å². The topological polar surface area (TPSA) is 97.8 Å². The monoisotopic (exact) mass is 507 g/mol. The molecule has 0 radical (unpaired) electrons. The molecule has 4 rings (SSSR count). The molecule has 0 atom stereocenters. The number of aldehydes is 1. The van der Waals surface area contributed by atoms with Crippen LogP contribution in [0.25, 0.3) is 0 Å². The number of carbonyl (C=O) groups is 1. The summed E-state index contributed by atoms with van der Waals surface area (Å²) in [5.74, 6) is 2.10. The lowest BCUT2D eigenvalue weighted by atomic mass is 10.0. The highest BCUT2D eigenvalue weighted by molar-refractivity contribution is 5.76. The summed E-state index contributed by atoms with van der Waals surface area (Å²) >= 11 is 0. The van der Waals surface area contributed by atoms with Gasteiger partial charge >= 0.3 is 0 Å². The number of hydroxylamine groups is 1. The van der Waals surface area contributed by atoms with Gasteiger partial charge in [-0.25, -0.2) is 15.4 Å². The Morgan fingerprint density at radius 2 is 1.62 bits per heavy atom. The number of aromatic nitrogens is 2. The second-order valence-corrected chi connectivity index (χ2v) is 8.60. The van der Waals surface area contributed by atoms with Gasteiger partial charge in [-0.15, -0.1) is 0 Å². The molecular weight excluding hydrogens is 470 g/mol. The maximum atomic E-state index is 11.1. The summed E-state index contributed by atoms with van der Waals surface area (Å²) in [5, 5.41) is 3.22. The van der Waals surface area contributed by atoms with Gasteiger partial charge in [-0.05, 0) is 92.4 Å². The molecule has 9 nitrogen and oxygen atoms in total. The van der Waals surface area contributed by atoms with Crippen LogP contribution in [0.2, 0.25) is 0 Å². The standard InChI is InChI=1S/C26H30N4O3.C2H7NO/c1-32-25-15-20(14-22(16-25)19-31)4-5-21-17-27-26(28-18-21)29-23-6-8-24(9-7-23)33-13-12-30-10-2-3-11-30;1-3-4-2/h6-9,14-19H,2-5,10-13H2,1H3,(H,27,28,29);3H,1-2H3. The maximum absolute atomic E-state index is 11.1. The lowest BCUT2D eigenvalue weighted by Gasteiger charge is -2.15. The highest BCUT2D eigenvalue weighted by Gasteiger charge is 2.10. The number of nitrogens with zero attached hydrogens (tertiary/aromatic N) is 3.